The van der Waals surface area contributed by atoms with E-state index in [1.807, 2.05) is 46.8 Å². The van der Waals surface area contributed by atoms with Crippen molar-refractivity contribution in [3.8, 4) is 0 Å². The molecule has 0 aliphatic carbocycles. The maximum atomic E-state index is 12.6. The van der Waals surface area contributed by atoms with Crippen molar-refractivity contribution in [2.75, 3.05) is 13.1 Å². The van der Waals surface area contributed by atoms with Crippen LogP contribution < -0.4 is 10.9 Å². The van der Waals surface area contributed by atoms with Gasteiger partial charge in [0.25, 0.3) is 5.56 Å². The lowest BCUT2D eigenvalue weighted by Gasteiger charge is -2.25. The normalized spacial score (nSPS) is 11.4. The lowest BCUT2D eigenvalue weighted by Crippen LogP contribution is -2.47. The van der Waals surface area contributed by atoms with Crippen molar-refractivity contribution >= 4 is 22.7 Å². The van der Waals surface area contributed by atoms with Crippen molar-refractivity contribution in [3.63, 3.8) is 0 Å². The Labute approximate surface area is 159 Å². The van der Waals surface area contributed by atoms with Gasteiger partial charge in [-0.3, -0.25) is 19.0 Å². The molecule has 1 N–H and O–H groups in total. The van der Waals surface area contributed by atoms with Crippen molar-refractivity contribution in [3.05, 3.63) is 40.4 Å². The van der Waals surface area contributed by atoms with Crippen molar-refractivity contribution in [2.45, 2.75) is 53.1 Å². The lowest BCUT2D eigenvalue weighted by molar-refractivity contribution is -0.136. The smallest absolute Gasteiger partial charge is 0.261 e. The summed E-state index contributed by atoms with van der Waals surface area (Å²) in [6.45, 7) is 10.1. The van der Waals surface area contributed by atoms with Crippen LogP contribution in [0.15, 0.2) is 29.3 Å². The van der Waals surface area contributed by atoms with E-state index in [1.54, 1.807) is 6.07 Å². The molecule has 0 bridgehead atoms. The van der Waals surface area contributed by atoms with E-state index in [0.717, 1.165) is 5.56 Å². The second-order valence-corrected chi connectivity index (χ2v) is 7.67. The van der Waals surface area contributed by atoms with Gasteiger partial charge >= 0.3 is 0 Å². The van der Waals surface area contributed by atoms with Crippen LogP contribution in [-0.2, 0) is 16.1 Å². The third kappa shape index (κ3) is 5.39. The molecule has 2 amide bonds. The monoisotopic (exact) mass is 372 g/mol. The van der Waals surface area contributed by atoms with Gasteiger partial charge in [0.15, 0.2) is 0 Å². The van der Waals surface area contributed by atoms with Gasteiger partial charge in [0.2, 0.25) is 11.8 Å². The maximum Gasteiger partial charge on any atom is 0.261 e. The molecule has 0 aliphatic rings. The molecule has 2 rings (SSSR count). The maximum absolute atomic E-state index is 12.6. The summed E-state index contributed by atoms with van der Waals surface area (Å²) in [6, 6.07) is 5.47. The topological polar surface area (TPSA) is 84.3 Å². The highest BCUT2D eigenvalue weighted by Gasteiger charge is 2.19. The number of nitrogens with one attached hydrogen (secondary N) is 1. The van der Waals surface area contributed by atoms with Gasteiger partial charge in [-0.2, -0.15) is 0 Å². The molecule has 0 saturated heterocycles. The van der Waals surface area contributed by atoms with Crippen LogP contribution in [0.5, 0.6) is 0 Å². The standard InChI is InChI=1S/C20H28N4O3/c1-6-23(12-16(25)22-20(3,4)5)17(26)10-11-24-13-21-18-14(2)8-7-9-15(18)19(24)27/h7-9,13H,6,10-12H2,1-5H3,(H,22,25). The minimum Gasteiger partial charge on any atom is -0.350 e. The summed E-state index contributed by atoms with van der Waals surface area (Å²) >= 11 is 0. The zero-order valence-corrected chi connectivity index (χ0v) is 16.7. The minimum absolute atomic E-state index is 0.0106. The fourth-order valence-electron chi connectivity index (χ4n) is 2.88. The Morgan fingerprint density at radius 2 is 1.96 bits per heavy atom. The largest absolute Gasteiger partial charge is 0.350 e. The summed E-state index contributed by atoms with van der Waals surface area (Å²) in [7, 11) is 0. The summed E-state index contributed by atoms with van der Waals surface area (Å²) in [4.78, 5) is 43.0. The first kappa shape index (κ1) is 20.6. The van der Waals surface area contributed by atoms with Gasteiger partial charge in [-0.05, 0) is 46.2 Å². The van der Waals surface area contributed by atoms with Gasteiger partial charge < -0.3 is 10.2 Å². The van der Waals surface area contributed by atoms with Crippen LogP contribution in [-0.4, -0.2) is 44.9 Å². The number of aryl methyl sites for hydroxylation is 2. The first-order valence-corrected chi connectivity index (χ1v) is 9.16. The van der Waals surface area contributed by atoms with E-state index in [1.165, 1.54) is 15.8 Å². The Bertz CT molecular complexity index is 896. The van der Waals surface area contributed by atoms with Gasteiger partial charge in [0, 0.05) is 25.0 Å². The zero-order chi connectivity index (χ0) is 20.2. The van der Waals surface area contributed by atoms with Gasteiger partial charge in [-0.25, -0.2) is 4.98 Å². The second kappa shape index (κ2) is 8.33. The van der Waals surface area contributed by atoms with Crippen molar-refractivity contribution in [1.82, 2.24) is 19.8 Å². The first-order chi connectivity index (χ1) is 12.6. The predicted molar refractivity (Wildman–Crippen MR) is 106 cm³/mol. The van der Waals surface area contributed by atoms with Crippen molar-refractivity contribution in [2.24, 2.45) is 0 Å². The summed E-state index contributed by atoms with van der Waals surface area (Å²) in [5.74, 6) is -0.365. The Balaban J connectivity index is 2.05. The predicted octanol–water partition coefficient (Wildman–Crippen LogP) is 1.86. The molecule has 1 heterocycles. The number of amides is 2. The number of nitrogens with zero attached hydrogens (tertiary/aromatic N) is 3. The third-order valence-corrected chi connectivity index (χ3v) is 4.21. The van der Waals surface area contributed by atoms with Gasteiger partial charge in [-0.1, -0.05) is 12.1 Å². The number of para-hydroxylation sites is 1. The SMILES string of the molecule is CCN(CC(=O)NC(C)(C)C)C(=O)CCn1cnc2c(C)cccc2c1=O. The molecule has 0 aliphatic heterocycles. The van der Waals surface area contributed by atoms with Gasteiger partial charge in [0.1, 0.15) is 0 Å². The molecular weight excluding hydrogens is 344 g/mol. The van der Waals surface area contributed by atoms with Crippen LogP contribution in [0.3, 0.4) is 0 Å². The molecular formula is C20H28N4O3. The molecule has 0 unspecified atom stereocenters. The van der Waals surface area contributed by atoms with E-state index in [2.05, 4.69) is 10.3 Å². The molecule has 0 radical (unpaired) electrons. The van der Waals surface area contributed by atoms with Crippen molar-refractivity contribution < 1.29 is 9.59 Å². The van der Waals surface area contributed by atoms with E-state index >= 15 is 0 Å². The molecule has 2 aromatic rings. The third-order valence-electron chi connectivity index (χ3n) is 4.21. The van der Waals surface area contributed by atoms with Crippen LogP contribution >= 0.6 is 0 Å². The van der Waals surface area contributed by atoms with E-state index in [0.29, 0.717) is 17.4 Å². The Morgan fingerprint density at radius 1 is 1.26 bits per heavy atom. The fourth-order valence-corrected chi connectivity index (χ4v) is 2.88. The summed E-state index contributed by atoms with van der Waals surface area (Å²) in [6.07, 6.45) is 1.61. The minimum atomic E-state index is -0.345. The lowest BCUT2D eigenvalue weighted by atomic mass is 10.1. The highest BCUT2D eigenvalue weighted by molar-refractivity contribution is 5.85. The molecule has 0 fully saturated rings. The molecule has 1 aromatic carbocycles. The Kier molecular flexibility index (Phi) is 6.36. The highest BCUT2D eigenvalue weighted by Crippen LogP contribution is 2.11. The number of aromatic nitrogens is 2. The van der Waals surface area contributed by atoms with E-state index in [9.17, 15) is 14.4 Å². The quantitative estimate of drug-likeness (QED) is 0.839. The average molecular weight is 372 g/mol. The summed E-state index contributed by atoms with van der Waals surface area (Å²) in [5, 5.41) is 3.39. The molecule has 0 spiro atoms. The van der Waals surface area contributed by atoms with Crippen LogP contribution in [0.1, 0.15) is 39.7 Å². The van der Waals surface area contributed by atoms with Crippen molar-refractivity contribution in [1.29, 1.82) is 0 Å². The molecule has 146 valence electrons. The number of likely N-dealkylation sites (N-methyl/N-ethyl adjacent to an activating group) is 1. The molecule has 7 nitrogen and oxygen atoms in total. The number of hydrogen-bond donors (Lipinski definition) is 1. The Hall–Kier alpha value is -2.70. The summed E-state index contributed by atoms with van der Waals surface area (Å²) < 4.78 is 1.45. The number of rotatable bonds is 6. The zero-order valence-electron chi connectivity index (χ0n) is 16.7. The van der Waals surface area contributed by atoms with Crippen LogP contribution in [0.25, 0.3) is 10.9 Å². The van der Waals surface area contributed by atoms with Gasteiger partial charge in [0.05, 0.1) is 23.8 Å². The number of carbonyl (C=O) groups is 2. The summed E-state index contributed by atoms with van der Waals surface area (Å²) in [5.41, 5.74) is 1.11. The molecule has 7 heteroatoms. The van der Waals surface area contributed by atoms with Crippen LogP contribution in [0.4, 0.5) is 0 Å². The Morgan fingerprint density at radius 3 is 2.59 bits per heavy atom. The van der Waals surface area contributed by atoms with Gasteiger partial charge in [-0.15, -0.1) is 0 Å². The van der Waals surface area contributed by atoms with E-state index in [4.69, 9.17) is 0 Å². The van der Waals surface area contributed by atoms with Crippen LogP contribution in [0, 0.1) is 6.92 Å². The molecule has 0 saturated carbocycles. The number of hydrogen-bond acceptors (Lipinski definition) is 4. The molecule has 0 atom stereocenters. The first-order valence-electron chi connectivity index (χ1n) is 9.16. The van der Waals surface area contributed by atoms with E-state index in [-0.39, 0.29) is 42.4 Å². The molecule has 1 aromatic heterocycles. The second-order valence-electron chi connectivity index (χ2n) is 7.67. The molecule has 27 heavy (non-hydrogen) atoms. The number of fused-ring (bicyclic) bond motifs is 1. The fraction of sp³-hybridized carbons (Fsp3) is 0.500. The number of benzene rings is 1. The van der Waals surface area contributed by atoms with Crippen LogP contribution in [0.2, 0.25) is 0 Å². The average Bonchev–Trinajstić information content (AvgIpc) is 2.58. The van der Waals surface area contributed by atoms with E-state index < -0.39 is 0 Å². The number of carbonyl (C=O) groups excluding carboxylic acids is 2. The highest BCUT2D eigenvalue weighted by atomic mass is 16.2.